The first kappa shape index (κ1) is 12.2. The molecule has 2 heterocycles. The van der Waals surface area contributed by atoms with E-state index < -0.39 is 6.10 Å². The fourth-order valence-corrected chi connectivity index (χ4v) is 2.24. The van der Waals surface area contributed by atoms with E-state index in [4.69, 9.17) is 11.6 Å². The number of hydrogen-bond donors (Lipinski definition) is 3. The third-order valence-electron chi connectivity index (χ3n) is 2.28. The molecular formula is C11H11ClN2O2S. The number of aliphatic hydroxyl groups excluding tert-OH is 1. The minimum Gasteiger partial charge on any atom is -0.387 e. The fraction of sp³-hybridized carbons (Fsp3) is 0.182. The van der Waals surface area contributed by atoms with E-state index in [1.807, 2.05) is 16.8 Å². The zero-order valence-electron chi connectivity index (χ0n) is 8.81. The number of aromatic amines is 1. The molecule has 1 atom stereocenters. The second kappa shape index (κ2) is 5.35. The summed E-state index contributed by atoms with van der Waals surface area (Å²) in [4.78, 5) is 14.4. The molecule has 1 unspecified atom stereocenters. The van der Waals surface area contributed by atoms with E-state index in [0.29, 0.717) is 10.7 Å². The molecule has 4 nitrogen and oxygen atoms in total. The van der Waals surface area contributed by atoms with Crippen molar-refractivity contribution < 1.29 is 9.90 Å². The van der Waals surface area contributed by atoms with Crippen LogP contribution < -0.4 is 5.32 Å². The lowest BCUT2D eigenvalue weighted by atomic mass is 10.2. The van der Waals surface area contributed by atoms with Crippen LogP contribution in [0.3, 0.4) is 0 Å². The molecule has 6 heteroatoms. The van der Waals surface area contributed by atoms with E-state index in [0.717, 1.165) is 5.56 Å². The van der Waals surface area contributed by atoms with Crippen LogP contribution >= 0.6 is 22.9 Å². The van der Waals surface area contributed by atoms with Gasteiger partial charge in [0.25, 0.3) is 5.91 Å². The van der Waals surface area contributed by atoms with E-state index in [-0.39, 0.29) is 12.5 Å². The molecule has 0 aliphatic heterocycles. The average Bonchev–Trinajstić information content (AvgIpc) is 2.95. The molecule has 0 bridgehead atoms. The number of nitrogens with one attached hydrogen (secondary N) is 2. The van der Waals surface area contributed by atoms with Crippen molar-refractivity contribution >= 4 is 28.8 Å². The van der Waals surface area contributed by atoms with Gasteiger partial charge in [-0.3, -0.25) is 4.79 Å². The molecule has 3 N–H and O–H groups in total. The van der Waals surface area contributed by atoms with Gasteiger partial charge in [-0.2, -0.15) is 11.3 Å². The van der Waals surface area contributed by atoms with Crippen molar-refractivity contribution in [1.82, 2.24) is 10.3 Å². The van der Waals surface area contributed by atoms with Crippen LogP contribution in [-0.2, 0) is 0 Å². The maximum Gasteiger partial charge on any atom is 0.267 e. The number of carbonyl (C=O) groups excluding carboxylic acids is 1. The van der Waals surface area contributed by atoms with E-state index in [2.05, 4.69) is 10.3 Å². The Morgan fingerprint density at radius 3 is 3.06 bits per heavy atom. The molecule has 0 radical (unpaired) electrons. The smallest absolute Gasteiger partial charge is 0.267 e. The molecule has 90 valence electrons. The third-order valence-corrected chi connectivity index (χ3v) is 3.20. The SMILES string of the molecule is O=C(NCC(O)c1ccsc1)c1cc(Cl)c[nH]1. The summed E-state index contributed by atoms with van der Waals surface area (Å²) >= 11 is 7.19. The van der Waals surface area contributed by atoms with Gasteiger partial charge in [0.15, 0.2) is 0 Å². The minimum absolute atomic E-state index is 0.173. The second-order valence-electron chi connectivity index (χ2n) is 3.51. The number of aliphatic hydroxyl groups is 1. The van der Waals surface area contributed by atoms with Crippen molar-refractivity contribution in [2.24, 2.45) is 0 Å². The molecule has 0 aliphatic rings. The first-order valence-electron chi connectivity index (χ1n) is 4.99. The minimum atomic E-state index is -0.685. The summed E-state index contributed by atoms with van der Waals surface area (Å²) in [5, 5.41) is 16.6. The van der Waals surface area contributed by atoms with Crippen LogP contribution in [0.1, 0.15) is 22.2 Å². The largest absolute Gasteiger partial charge is 0.387 e. The van der Waals surface area contributed by atoms with Gasteiger partial charge in [-0.05, 0) is 28.5 Å². The predicted octanol–water partition coefficient (Wildman–Crippen LogP) is 2.19. The molecule has 0 saturated carbocycles. The predicted molar refractivity (Wildman–Crippen MR) is 67.4 cm³/mol. The van der Waals surface area contributed by atoms with E-state index in [1.165, 1.54) is 23.6 Å². The average molecular weight is 271 g/mol. The van der Waals surface area contributed by atoms with Gasteiger partial charge in [-0.25, -0.2) is 0 Å². The Bertz CT molecular complexity index is 495. The molecule has 0 fully saturated rings. The molecule has 0 aliphatic carbocycles. The van der Waals surface area contributed by atoms with Crippen molar-refractivity contribution in [2.75, 3.05) is 6.54 Å². The summed E-state index contributed by atoms with van der Waals surface area (Å²) in [6, 6.07) is 3.36. The first-order valence-corrected chi connectivity index (χ1v) is 6.31. The molecule has 17 heavy (non-hydrogen) atoms. The van der Waals surface area contributed by atoms with E-state index in [9.17, 15) is 9.90 Å². The van der Waals surface area contributed by atoms with Crippen molar-refractivity contribution in [1.29, 1.82) is 0 Å². The Labute approximate surface area is 107 Å². The molecule has 0 spiro atoms. The Kier molecular flexibility index (Phi) is 3.83. The third kappa shape index (κ3) is 3.09. The maximum atomic E-state index is 11.6. The molecule has 1 amide bonds. The van der Waals surface area contributed by atoms with Gasteiger partial charge in [0.05, 0.1) is 11.1 Å². The molecular weight excluding hydrogens is 260 g/mol. The van der Waals surface area contributed by atoms with Gasteiger partial charge >= 0.3 is 0 Å². The molecule has 2 aromatic rings. The van der Waals surface area contributed by atoms with Crippen molar-refractivity contribution in [3.05, 3.63) is 45.4 Å². The van der Waals surface area contributed by atoms with Crippen LogP contribution in [0.2, 0.25) is 5.02 Å². The normalized spacial score (nSPS) is 12.4. The van der Waals surface area contributed by atoms with Crippen molar-refractivity contribution in [3.63, 3.8) is 0 Å². The number of rotatable bonds is 4. The van der Waals surface area contributed by atoms with Crippen LogP contribution in [0.4, 0.5) is 0 Å². The lowest BCUT2D eigenvalue weighted by molar-refractivity contribution is 0.0912. The maximum absolute atomic E-state index is 11.6. The highest BCUT2D eigenvalue weighted by atomic mass is 35.5. The second-order valence-corrected chi connectivity index (χ2v) is 4.73. The van der Waals surface area contributed by atoms with Crippen LogP contribution in [0.15, 0.2) is 29.1 Å². The summed E-state index contributed by atoms with van der Waals surface area (Å²) in [7, 11) is 0. The Balaban J connectivity index is 1.88. The Morgan fingerprint density at radius 2 is 2.47 bits per heavy atom. The zero-order chi connectivity index (χ0) is 12.3. The Morgan fingerprint density at radius 1 is 1.65 bits per heavy atom. The highest BCUT2D eigenvalue weighted by Crippen LogP contribution is 2.15. The van der Waals surface area contributed by atoms with Gasteiger partial charge in [-0.1, -0.05) is 11.6 Å². The van der Waals surface area contributed by atoms with Gasteiger partial charge in [-0.15, -0.1) is 0 Å². The summed E-state index contributed by atoms with van der Waals surface area (Å²) in [5.74, 6) is -0.286. The van der Waals surface area contributed by atoms with E-state index in [1.54, 1.807) is 0 Å². The van der Waals surface area contributed by atoms with Gasteiger partial charge in [0, 0.05) is 12.7 Å². The highest BCUT2D eigenvalue weighted by Gasteiger charge is 2.12. The molecule has 2 rings (SSSR count). The number of H-pyrrole nitrogens is 1. The van der Waals surface area contributed by atoms with Crippen LogP contribution in [-0.4, -0.2) is 22.5 Å². The molecule has 0 saturated heterocycles. The number of hydrogen-bond acceptors (Lipinski definition) is 3. The summed E-state index contributed by atoms with van der Waals surface area (Å²) in [6.45, 7) is 0.173. The number of halogens is 1. The first-order chi connectivity index (χ1) is 8.16. The number of aromatic nitrogens is 1. The summed E-state index contributed by atoms with van der Waals surface area (Å²) in [6.07, 6.45) is 0.849. The van der Waals surface area contributed by atoms with Gasteiger partial charge in [0.1, 0.15) is 5.69 Å². The lowest BCUT2D eigenvalue weighted by Gasteiger charge is -2.09. The summed E-state index contributed by atoms with van der Waals surface area (Å²) in [5.41, 5.74) is 1.19. The molecule has 2 aromatic heterocycles. The van der Waals surface area contributed by atoms with E-state index >= 15 is 0 Å². The zero-order valence-corrected chi connectivity index (χ0v) is 10.4. The van der Waals surface area contributed by atoms with Gasteiger partial charge in [0.2, 0.25) is 0 Å². The standard InChI is InChI=1S/C11H11ClN2O2S/c12-8-3-9(13-4-8)11(16)14-5-10(15)7-1-2-17-6-7/h1-4,6,10,13,15H,5H2,(H,14,16). The summed E-state index contributed by atoms with van der Waals surface area (Å²) < 4.78 is 0. The van der Waals surface area contributed by atoms with Crippen LogP contribution in [0.25, 0.3) is 0 Å². The van der Waals surface area contributed by atoms with Crippen LogP contribution in [0.5, 0.6) is 0 Å². The molecule has 0 aromatic carbocycles. The quantitative estimate of drug-likeness (QED) is 0.797. The lowest BCUT2D eigenvalue weighted by Crippen LogP contribution is -2.28. The topological polar surface area (TPSA) is 65.1 Å². The van der Waals surface area contributed by atoms with Crippen molar-refractivity contribution in [2.45, 2.75) is 6.10 Å². The van der Waals surface area contributed by atoms with Gasteiger partial charge < -0.3 is 15.4 Å². The van der Waals surface area contributed by atoms with Crippen molar-refractivity contribution in [3.8, 4) is 0 Å². The monoisotopic (exact) mass is 270 g/mol. The number of amides is 1. The highest BCUT2D eigenvalue weighted by molar-refractivity contribution is 7.07. The van der Waals surface area contributed by atoms with Crippen LogP contribution in [0, 0.1) is 0 Å². The number of carbonyl (C=O) groups is 1. The number of thiophene rings is 1. The fourth-order valence-electron chi connectivity index (χ4n) is 1.37. The Hall–Kier alpha value is -1.30.